The molecule has 0 bridgehead atoms. The molecule has 1 aliphatic carbocycles. The summed E-state index contributed by atoms with van der Waals surface area (Å²) in [5.41, 5.74) is -0.239. The molecular weight excluding hydrogens is 295 g/mol. The second-order valence-corrected chi connectivity index (χ2v) is 5.43. The van der Waals surface area contributed by atoms with Crippen molar-refractivity contribution in [3.05, 3.63) is 53.9 Å². The molecule has 6 heteroatoms. The maximum absolute atomic E-state index is 12.8. The normalized spacial score (nSPS) is 16.3. The van der Waals surface area contributed by atoms with E-state index in [1.54, 1.807) is 24.3 Å². The molecule has 0 aliphatic heterocycles. The van der Waals surface area contributed by atoms with Gasteiger partial charge in [-0.05, 0) is 36.1 Å². The van der Waals surface area contributed by atoms with Gasteiger partial charge in [0.15, 0.2) is 0 Å². The molecule has 22 heavy (non-hydrogen) atoms. The van der Waals surface area contributed by atoms with Crippen LogP contribution in [0.3, 0.4) is 0 Å². The van der Waals surface area contributed by atoms with E-state index in [0.29, 0.717) is 29.5 Å². The fraction of sp³-hybridized carbons (Fsp3) is 0.250. The second-order valence-electron chi connectivity index (χ2n) is 5.43. The number of carbonyl (C=O) groups is 1. The Hall–Kier alpha value is -2.37. The summed E-state index contributed by atoms with van der Waals surface area (Å²) in [6, 6.07) is 7.67. The lowest BCUT2D eigenvalue weighted by Gasteiger charge is -2.13. The van der Waals surface area contributed by atoms with Crippen molar-refractivity contribution in [1.29, 1.82) is 0 Å². The molecule has 1 N–H and O–H groups in total. The van der Waals surface area contributed by atoms with Gasteiger partial charge in [-0.1, -0.05) is 18.2 Å². The van der Waals surface area contributed by atoms with Crippen LogP contribution >= 0.6 is 0 Å². The van der Waals surface area contributed by atoms with Crippen LogP contribution < -0.4 is 0 Å². The lowest BCUT2D eigenvalue weighted by Crippen LogP contribution is -2.19. The van der Waals surface area contributed by atoms with Gasteiger partial charge in [0.25, 0.3) is 0 Å². The summed E-state index contributed by atoms with van der Waals surface area (Å²) >= 11 is 0. The zero-order valence-corrected chi connectivity index (χ0v) is 11.4. The summed E-state index contributed by atoms with van der Waals surface area (Å²) in [6.45, 7) is 0. The summed E-state index contributed by atoms with van der Waals surface area (Å²) in [5.74, 6) is -0.896. The van der Waals surface area contributed by atoms with E-state index in [4.69, 9.17) is 0 Å². The van der Waals surface area contributed by atoms with Crippen molar-refractivity contribution in [2.24, 2.45) is 0 Å². The molecule has 0 saturated heterocycles. The Balaban J connectivity index is 2.02. The third-order valence-electron chi connectivity index (χ3n) is 3.97. The maximum atomic E-state index is 12.8. The molecule has 1 heterocycles. The highest BCUT2D eigenvalue weighted by molar-refractivity contribution is 5.85. The number of alkyl halides is 3. The molecule has 0 radical (unpaired) electrons. The van der Waals surface area contributed by atoms with E-state index >= 15 is 0 Å². The van der Waals surface area contributed by atoms with Crippen LogP contribution in [-0.2, 0) is 16.4 Å². The van der Waals surface area contributed by atoms with Crippen molar-refractivity contribution < 1.29 is 23.1 Å². The first-order chi connectivity index (χ1) is 10.3. The monoisotopic (exact) mass is 307 g/mol. The molecule has 0 unspecified atom stereocenters. The highest BCUT2D eigenvalue weighted by Gasteiger charge is 2.51. The smallest absolute Gasteiger partial charge is 0.417 e. The Morgan fingerprint density at radius 1 is 1.14 bits per heavy atom. The van der Waals surface area contributed by atoms with Crippen LogP contribution in [-0.4, -0.2) is 16.1 Å². The Labute approximate surface area is 124 Å². The van der Waals surface area contributed by atoms with Crippen molar-refractivity contribution in [3.63, 3.8) is 0 Å². The van der Waals surface area contributed by atoms with Gasteiger partial charge in [-0.3, -0.25) is 9.78 Å². The molecule has 2 aromatic rings. The largest absolute Gasteiger partial charge is 0.481 e. The average molecular weight is 307 g/mol. The Bertz CT molecular complexity index is 736. The molecule has 0 spiro atoms. The SMILES string of the molecule is O=C(O)C1(c2cccc(-c3cncc(C(F)(F)F)c3)c2)CC1. The van der Waals surface area contributed by atoms with E-state index in [9.17, 15) is 23.1 Å². The molecule has 1 aliphatic rings. The fourth-order valence-electron chi connectivity index (χ4n) is 2.50. The van der Waals surface area contributed by atoms with E-state index in [0.717, 1.165) is 12.3 Å². The number of nitrogens with zero attached hydrogens (tertiary/aromatic N) is 1. The van der Waals surface area contributed by atoms with E-state index in [-0.39, 0.29) is 0 Å². The summed E-state index contributed by atoms with van der Waals surface area (Å²) < 4.78 is 38.3. The van der Waals surface area contributed by atoms with Gasteiger partial charge in [0, 0.05) is 18.0 Å². The van der Waals surface area contributed by atoms with Gasteiger partial charge in [-0.15, -0.1) is 0 Å². The molecule has 1 aromatic heterocycles. The Morgan fingerprint density at radius 3 is 2.45 bits per heavy atom. The van der Waals surface area contributed by atoms with E-state index in [2.05, 4.69) is 4.98 Å². The van der Waals surface area contributed by atoms with Crippen molar-refractivity contribution >= 4 is 5.97 Å². The molecule has 1 aromatic carbocycles. The quantitative estimate of drug-likeness (QED) is 0.936. The second kappa shape index (κ2) is 4.83. The van der Waals surface area contributed by atoms with E-state index in [1.165, 1.54) is 6.20 Å². The van der Waals surface area contributed by atoms with Crippen LogP contribution in [0.2, 0.25) is 0 Å². The molecule has 0 atom stereocenters. The number of hydrogen-bond donors (Lipinski definition) is 1. The minimum atomic E-state index is -4.46. The van der Waals surface area contributed by atoms with Crippen LogP contribution in [0.25, 0.3) is 11.1 Å². The third-order valence-corrected chi connectivity index (χ3v) is 3.97. The average Bonchev–Trinajstić information content (AvgIpc) is 3.28. The molecule has 3 rings (SSSR count). The predicted molar refractivity (Wildman–Crippen MR) is 73.2 cm³/mol. The molecule has 3 nitrogen and oxygen atoms in total. The molecule has 114 valence electrons. The topological polar surface area (TPSA) is 50.2 Å². The maximum Gasteiger partial charge on any atom is 0.417 e. The standard InChI is InChI=1S/C16H12F3NO2/c17-16(18,19)13-7-11(8-20-9-13)10-2-1-3-12(6-10)15(4-5-15)14(21)22/h1-3,6-9H,4-5H2,(H,21,22). The van der Waals surface area contributed by atoms with Crippen molar-refractivity contribution in [3.8, 4) is 11.1 Å². The third kappa shape index (κ3) is 2.45. The van der Waals surface area contributed by atoms with Crippen molar-refractivity contribution in [1.82, 2.24) is 4.98 Å². The van der Waals surface area contributed by atoms with Crippen molar-refractivity contribution in [2.75, 3.05) is 0 Å². The number of halogens is 3. The molecule has 1 fully saturated rings. The number of rotatable bonds is 3. The first-order valence-electron chi connectivity index (χ1n) is 6.69. The van der Waals surface area contributed by atoms with Gasteiger partial charge in [-0.25, -0.2) is 0 Å². The van der Waals surface area contributed by atoms with E-state index in [1.807, 2.05) is 0 Å². The number of pyridine rings is 1. The van der Waals surface area contributed by atoms with Crippen LogP contribution in [0.4, 0.5) is 13.2 Å². The van der Waals surface area contributed by atoms with Gasteiger partial charge >= 0.3 is 12.1 Å². The zero-order valence-electron chi connectivity index (χ0n) is 11.4. The van der Waals surface area contributed by atoms with Gasteiger partial charge in [0.05, 0.1) is 11.0 Å². The van der Waals surface area contributed by atoms with Gasteiger partial charge in [-0.2, -0.15) is 13.2 Å². The highest BCUT2D eigenvalue weighted by Crippen LogP contribution is 2.49. The number of carboxylic acid groups (broad SMARTS) is 1. The summed E-state index contributed by atoms with van der Waals surface area (Å²) in [4.78, 5) is 15.0. The van der Waals surface area contributed by atoms with Gasteiger partial charge < -0.3 is 5.11 Å². The number of aromatic nitrogens is 1. The lowest BCUT2D eigenvalue weighted by molar-refractivity contribution is -0.140. The van der Waals surface area contributed by atoms with E-state index < -0.39 is 23.1 Å². The number of carboxylic acids is 1. The summed E-state index contributed by atoms with van der Waals surface area (Å²) in [5, 5.41) is 9.31. The van der Waals surface area contributed by atoms with Crippen LogP contribution in [0, 0.1) is 0 Å². The molecule has 1 saturated carbocycles. The lowest BCUT2D eigenvalue weighted by atomic mass is 9.93. The number of hydrogen-bond acceptors (Lipinski definition) is 2. The fourth-order valence-corrected chi connectivity index (χ4v) is 2.50. The van der Waals surface area contributed by atoms with Crippen LogP contribution in [0.5, 0.6) is 0 Å². The predicted octanol–water partition coefficient (Wildman–Crippen LogP) is 3.88. The Morgan fingerprint density at radius 2 is 1.86 bits per heavy atom. The molecular formula is C16H12F3NO2. The summed E-state index contributed by atoms with van der Waals surface area (Å²) in [7, 11) is 0. The zero-order chi connectivity index (χ0) is 16.0. The van der Waals surface area contributed by atoms with Crippen LogP contribution in [0.1, 0.15) is 24.0 Å². The highest BCUT2D eigenvalue weighted by atomic mass is 19.4. The van der Waals surface area contributed by atoms with Gasteiger partial charge in [0.2, 0.25) is 0 Å². The minimum absolute atomic E-state index is 0.317. The van der Waals surface area contributed by atoms with Crippen molar-refractivity contribution in [2.45, 2.75) is 24.4 Å². The minimum Gasteiger partial charge on any atom is -0.481 e. The molecule has 0 amide bonds. The Kier molecular flexibility index (Phi) is 3.20. The first-order valence-corrected chi connectivity index (χ1v) is 6.69. The number of benzene rings is 1. The van der Waals surface area contributed by atoms with Gasteiger partial charge in [0.1, 0.15) is 0 Å². The first kappa shape index (κ1) is 14.6. The summed E-state index contributed by atoms with van der Waals surface area (Å²) in [6.07, 6.45) is -1.25. The number of aliphatic carboxylic acids is 1. The van der Waals surface area contributed by atoms with Crippen LogP contribution in [0.15, 0.2) is 42.7 Å².